The van der Waals surface area contributed by atoms with Crippen molar-refractivity contribution in [1.29, 1.82) is 5.26 Å². The summed E-state index contributed by atoms with van der Waals surface area (Å²) in [4.78, 5) is 13.0. The molecule has 1 aliphatic carbocycles. The van der Waals surface area contributed by atoms with Crippen LogP contribution in [0.15, 0.2) is 0 Å². The number of nitrogens with zero attached hydrogens (tertiary/aromatic N) is 1. The lowest BCUT2D eigenvalue weighted by Gasteiger charge is -2.04. The number of rotatable bonds is 4. The Morgan fingerprint density at radius 2 is 2.15 bits per heavy atom. The summed E-state index contributed by atoms with van der Waals surface area (Å²) >= 11 is 1.54. The summed E-state index contributed by atoms with van der Waals surface area (Å²) in [5.41, 5.74) is 1.79. The maximum atomic E-state index is 11.8. The van der Waals surface area contributed by atoms with Crippen LogP contribution in [0.5, 0.6) is 0 Å². The Hall–Kier alpha value is -1.82. The van der Waals surface area contributed by atoms with E-state index in [4.69, 9.17) is 6.42 Å². The molecule has 0 atom stereocenters. The van der Waals surface area contributed by atoms with Gasteiger partial charge in [0.05, 0.1) is 18.7 Å². The van der Waals surface area contributed by atoms with Crippen molar-refractivity contribution in [2.24, 2.45) is 0 Å². The van der Waals surface area contributed by atoms with E-state index in [9.17, 15) is 10.1 Å². The third-order valence-electron chi connectivity index (χ3n) is 3.30. The molecule has 0 aliphatic heterocycles. The molecule has 0 bridgehead atoms. The van der Waals surface area contributed by atoms with Crippen molar-refractivity contribution in [3.63, 3.8) is 0 Å². The van der Waals surface area contributed by atoms with Crippen LogP contribution in [0.2, 0.25) is 0 Å². The van der Waals surface area contributed by atoms with E-state index in [0.29, 0.717) is 17.1 Å². The normalized spacial score (nSPS) is 13.7. The molecule has 20 heavy (non-hydrogen) atoms. The van der Waals surface area contributed by atoms with Crippen LogP contribution >= 0.6 is 11.3 Å². The highest BCUT2D eigenvalue weighted by atomic mass is 32.1. The maximum Gasteiger partial charge on any atom is 0.238 e. The number of carbonyl (C=O) groups is 1. The SMILES string of the molecule is C#CCNCC(=O)Nc1sc2c(c1C#N)CCCCC2. The summed E-state index contributed by atoms with van der Waals surface area (Å²) in [6.45, 7) is 0.525. The molecule has 0 saturated carbocycles. The standard InChI is InChI=1S/C15H17N3OS/c1-2-8-17-10-14(19)18-15-12(9-16)11-6-4-3-5-7-13(11)20-15/h1,17H,3-8,10H2,(H,18,19). The zero-order chi connectivity index (χ0) is 14.4. The molecule has 0 saturated heterocycles. The molecule has 2 N–H and O–H groups in total. The van der Waals surface area contributed by atoms with Gasteiger partial charge in [-0.1, -0.05) is 12.3 Å². The number of terminal acetylenes is 1. The topological polar surface area (TPSA) is 64.9 Å². The van der Waals surface area contributed by atoms with Gasteiger partial charge in [0.25, 0.3) is 0 Å². The summed E-state index contributed by atoms with van der Waals surface area (Å²) in [6.07, 6.45) is 10.6. The van der Waals surface area contributed by atoms with Crippen LogP contribution in [0.4, 0.5) is 5.00 Å². The van der Waals surface area contributed by atoms with Crippen molar-refractivity contribution < 1.29 is 4.79 Å². The molecule has 2 rings (SSSR count). The molecule has 0 spiro atoms. The minimum Gasteiger partial charge on any atom is -0.315 e. The molecule has 0 unspecified atom stereocenters. The average Bonchev–Trinajstić information content (AvgIpc) is 2.60. The highest BCUT2D eigenvalue weighted by Gasteiger charge is 2.20. The number of aryl methyl sites for hydroxylation is 1. The Kier molecular flexibility index (Phi) is 5.17. The second kappa shape index (κ2) is 7.09. The summed E-state index contributed by atoms with van der Waals surface area (Å²) in [5, 5.41) is 15.7. The summed E-state index contributed by atoms with van der Waals surface area (Å²) in [5.74, 6) is 2.26. The number of fused-ring (bicyclic) bond motifs is 1. The molecule has 0 radical (unpaired) electrons. The van der Waals surface area contributed by atoms with Crippen LogP contribution in [0.3, 0.4) is 0 Å². The smallest absolute Gasteiger partial charge is 0.238 e. The third-order valence-corrected chi connectivity index (χ3v) is 4.51. The van der Waals surface area contributed by atoms with Crippen molar-refractivity contribution in [3.05, 3.63) is 16.0 Å². The number of carbonyl (C=O) groups excluding carboxylic acids is 1. The Balaban J connectivity index is 2.11. The van der Waals surface area contributed by atoms with E-state index in [-0.39, 0.29) is 12.5 Å². The van der Waals surface area contributed by atoms with Crippen LogP contribution < -0.4 is 10.6 Å². The van der Waals surface area contributed by atoms with Crippen molar-refractivity contribution in [2.75, 3.05) is 18.4 Å². The van der Waals surface area contributed by atoms with Crippen LogP contribution in [0.1, 0.15) is 35.3 Å². The van der Waals surface area contributed by atoms with Gasteiger partial charge >= 0.3 is 0 Å². The monoisotopic (exact) mass is 287 g/mol. The van der Waals surface area contributed by atoms with Gasteiger partial charge in [0.15, 0.2) is 0 Å². The number of nitrogens with one attached hydrogen (secondary N) is 2. The van der Waals surface area contributed by atoms with Crippen molar-refractivity contribution in [3.8, 4) is 18.4 Å². The Labute approximate surface area is 123 Å². The Morgan fingerprint density at radius 1 is 1.35 bits per heavy atom. The molecule has 1 heterocycles. The van der Waals surface area contributed by atoms with E-state index in [1.165, 1.54) is 11.3 Å². The first-order valence-corrected chi connectivity index (χ1v) is 7.56. The second-order valence-corrected chi connectivity index (χ2v) is 5.84. The lowest BCUT2D eigenvalue weighted by molar-refractivity contribution is -0.115. The molecular formula is C15H17N3OS. The summed E-state index contributed by atoms with van der Waals surface area (Å²) in [7, 11) is 0. The Morgan fingerprint density at radius 3 is 2.90 bits per heavy atom. The van der Waals surface area contributed by atoms with Gasteiger partial charge in [-0.3, -0.25) is 10.1 Å². The summed E-state index contributed by atoms with van der Waals surface area (Å²) < 4.78 is 0. The van der Waals surface area contributed by atoms with Crippen LogP contribution in [0.25, 0.3) is 0 Å². The van der Waals surface area contributed by atoms with E-state index in [1.807, 2.05) is 0 Å². The second-order valence-electron chi connectivity index (χ2n) is 4.74. The molecule has 1 aromatic heterocycles. The molecule has 4 nitrogen and oxygen atoms in total. The Bertz CT molecular complexity index is 577. The van der Waals surface area contributed by atoms with Gasteiger partial charge in [0.1, 0.15) is 11.1 Å². The van der Waals surface area contributed by atoms with E-state index in [1.54, 1.807) is 11.3 Å². The molecule has 1 aliphatic rings. The minimum absolute atomic E-state index is 0.159. The highest BCUT2D eigenvalue weighted by Crippen LogP contribution is 2.36. The summed E-state index contributed by atoms with van der Waals surface area (Å²) in [6, 6.07) is 2.25. The molecule has 1 amide bonds. The van der Waals surface area contributed by atoms with Gasteiger partial charge in [0, 0.05) is 4.88 Å². The van der Waals surface area contributed by atoms with Crippen molar-refractivity contribution >= 4 is 22.2 Å². The van der Waals surface area contributed by atoms with E-state index in [2.05, 4.69) is 22.6 Å². The zero-order valence-corrected chi connectivity index (χ0v) is 12.1. The molecular weight excluding hydrogens is 270 g/mol. The van der Waals surface area contributed by atoms with Gasteiger partial charge in [-0.25, -0.2) is 0 Å². The van der Waals surface area contributed by atoms with Crippen LogP contribution in [-0.2, 0) is 17.6 Å². The van der Waals surface area contributed by atoms with E-state index < -0.39 is 0 Å². The number of anilines is 1. The number of hydrogen-bond donors (Lipinski definition) is 2. The number of hydrogen-bond acceptors (Lipinski definition) is 4. The largest absolute Gasteiger partial charge is 0.315 e. The maximum absolute atomic E-state index is 11.8. The number of amides is 1. The fourth-order valence-corrected chi connectivity index (χ4v) is 3.62. The van der Waals surface area contributed by atoms with Gasteiger partial charge in [-0.05, 0) is 31.2 Å². The van der Waals surface area contributed by atoms with Crippen molar-refractivity contribution in [1.82, 2.24) is 5.32 Å². The lowest BCUT2D eigenvalue weighted by Crippen LogP contribution is -2.28. The molecule has 1 aromatic rings. The van der Waals surface area contributed by atoms with Gasteiger partial charge in [-0.2, -0.15) is 5.26 Å². The molecule has 5 heteroatoms. The van der Waals surface area contributed by atoms with Crippen LogP contribution in [0, 0.1) is 23.7 Å². The first kappa shape index (κ1) is 14.6. The highest BCUT2D eigenvalue weighted by molar-refractivity contribution is 7.16. The number of thiophene rings is 1. The van der Waals surface area contributed by atoms with Gasteiger partial charge in [0.2, 0.25) is 5.91 Å². The zero-order valence-electron chi connectivity index (χ0n) is 11.3. The third kappa shape index (κ3) is 3.39. The first-order chi connectivity index (χ1) is 9.76. The van der Waals surface area contributed by atoms with Crippen LogP contribution in [-0.4, -0.2) is 19.0 Å². The van der Waals surface area contributed by atoms with E-state index in [0.717, 1.165) is 31.2 Å². The van der Waals surface area contributed by atoms with Crippen molar-refractivity contribution in [2.45, 2.75) is 32.1 Å². The van der Waals surface area contributed by atoms with E-state index >= 15 is 0 Å². The fraction of sp³-hybridized carbons (Fsp3) is 0.467. The lowest BCUT2D eigenvalue weighted by atomic mass is 10.1. The first-order valence-electron chi connectivity index (χ1n) is 6.75. The molecule has 0 aromatic carbocycles. The quantitative estimate of drug-likeness (QED) is 0.506. The fourth-order valence-electron chi connectivity index (χ4n) is 2.37. The predicted molar refractivity (Wildman–Crippen MR) is 80.6 cm³/mol. The molecule has 0 fully saturated rings. The number of nitriles is 1. The predicted octanol–water partition coefficient (Wildman–Crippen LogP) is 2.05. The van der Waals surface area contributed by atoms with Gasteiger partial charge in [-0.15, -0.1) is 17.8 Å². The average molecular weight is 287 g/mol. The minimum atomic E-state index is -0.159. The molecule has 104 valence electrons. The van der Waals surface area contributed by atoms with Gasteiger partial charge < -0.3 is 5.32 Å².